The lowest BCUT2D eigenvalue weighted by molar-refractivity contribution is 0.221. The molecular weight excluding hydrogens is 326 g/mol. The fourth-order valence-electron chi connectivity index (χ4n) is 3.26. The summed E-state index contributed by atoms with van der Waals surface area (Å²) in [5.41, 5.74) is 3.62. The van der Waals surface area contributed by atoms with Crippen LogP contribution in [0.1, 0.15) is 43.4 Å². The molecule has 0 saturated carbocycles. The zero-order valence-corrected chi connectivity index (χ0v) is 15.7. The van der Waals surface area contributed by atoms with Gasteiger partial charge in [0.2, 0.25) is 0 Å². The maximum atomic E-state index is 5.45. The molecule has 3 rings (SSSR count). The number of benzene rings is 2. The van der Waals surface area contributed by atoms with E-state index in [1.165, 1.54) is 43.5 Å². The summed E-state index contributed by atoms with van der Waals surface area (Å²) in [5.74, 6) is 0. The average molecular weight is 354 g/mol. The highest BCUT2D eigenvalue weighted by Gasteiger charge is 2.10. The van der Waals surface area contributed by atoms with Crippen molar-refractivity contribution in [2.75, 3.05) is 18.4 Å². The highest BCUT2D eigenvalue weighted by Crippen LogP contribution is 2.16. The number of thiocarbonyl (C=S) groups is 1. The van der Waals surface area contributed by atoms with E-state index in [1.54, 1.807) is 0 Å². The standard InChI is InChI=1S/C21H27N3S/c1-17(19-8-4-2-5-9-19)22-21(25)23-20-12-10-18(11-13-20)16-24-14-6-3-7-15-24/h2,4-5,8-13,17H,3,6-7,14-16H2,1H3,(H2,22,23,25). The van der Waals surface area contributed by atoms with Crippen molar-refractivity contribution in [3.63, 3.8) is 0 Å². The monoisotopic (exact) mass is 353 g/mol. The van der Waals surface area contributed by atoms with Crippen LogP contribution in [-0.4, -0.2) is 23.1 Å². The Morgan fingerprint density at radius 2 is 1.68 bits per heavy atom. The van der Waals surface area contributed by atoms with Gasteiger partial charge < -0.3 is 10.6 Å². The van der Waals surface area contributed by atoms with Gasteiger partial charge in [-0.25, -0.2) is 0 Å². The van der Waals surface area contributed by atoms with Crippen molar-refractivity contribution in [1.29, 1.82) is 0 Å². The number of rotatable bonds is 5. The van der Waals surface area contributed by atoms with E-state index in [0.29, 0.717) is 5.11 Å². The lowest BCUT2D eigenvalue weighted by Crippen LogP contribution is -2.31. The summed E-state index contributed by atoms with van der Waals surface area (Å²) >= 11 is 5.45. The van der Waals surface area contributed by atoms with Crippen molar-refractivity contribution in [1.82, 2.24) is 10.2 Å². The van der Waals surface area contributed by atoms with E-state index < -0.39 is 0 Å². The van der Waals surface area contributed by atoms with Gasteiger partial charge in [-0.05, 0) is 68.3 Å². The van der Waals surface area contributed by atoms with E-state index in [9.17, 15) is 0 Å². The first-order valence-electron chi connectivity index (χ1n) is 9.14. The first kappa shape index (κ1) is 17.9. The number of anilines is 1. The molecule has 0 bridgehead atoms. The molecule has 2 aromatic carbocycles. The summed E-state index contributed by atoms with van der Waals surface area (Å²) in [6, 6.07) is 19.1. The van der Waals surface area contributed by atoms with Crippen molar-refractivity contribution in [2.24, 2.45) is 0 Å². The Hall–Kier alpha value is -1.91. The Morgan fingerprint density at radius 1 is 1.00 bits per heavy atom. The third-order valence-electron chi connectivity index (χ3n) is 4.71. The van der Waals surface area contributed by atoms with Gasteiger partial charge in [0, 0.05) is 12.2 Å². The third-order valence-corrected chi connectivity index (χ3v) is 4.93. The van der Waals surface area contributed by atoms with Gasteiger partial charge in [0.25, 0.3) is 0 Å². The van der Waals surface area contributed by atoms with E-state index in [4.69, 9.17) is 12.2 Å². The minimum Gasteiger partial charge on any atom is -0.356 e. The van der Waals surface area contributed by atoms with Gasteiger partial charge in [0.1, 0.15) is 0 Å². The number of hydrogen-bond donors (Lipinski definition) is 2. The van der Waals surface area contributed by atoms with E-state index in [2.05, 4.69) is 58.9 Å². The number of likely N-dealkylation sites (tertiary alicyclic amines) is 1. The zero-order valence-electron chi connectivity index (χ0n) is 14.9. The second-order valence-electron chi connectivity index (χ2n) is 6.76. The zero-order chi connectivity index (χ0) is 17.5. The summed E-state index contributed by atoms with van der Waals surface area (Å²) in [4.78, 5) is 2.54. The fourth-order valence-corrected chi connectivity index (χ4v) is 3.55. The number of hydrogen-bond acceptors (Lipinski definition) is 2. The summed E-state index contributed by atoms with van der Waals surface area (Å²) in [6.45, 7) is 5.62. The van der Waals surface area contributed by atoms with E-state index >= 15 is 0 Å². The second kappa shape index (κ2) is 8.97. The van der Waals surface area contributed by atoms with Gasteiger partial charge in [-0.3, -0.25) is 4.90 Å². The Kier molecular flexibility index (Phi) is 6.42. The quantitative estimate of drug-likeness (QED) is 0.761. The summed E-state index contributed by atoms with van der Waals surface area (Å²) in [6.07, 6.45) is 4.05. The van der Waals surface area contributed by atoms with Crippen LogP contribution in [0.3, 0.4) is 0 Å². The van der Waals surface area contributed by atoms with Crippen LogP contribution < -0.4 is 10.6 Å². The molecule has 2 aromatic rings. The van der Waals surface area contributed by atoms with Crippen LogP contribution in [0.4, 0.5) is 5.69 Å². The molecule has 1 atom stereocenters. The molecule has 0 amide bonds. The highest BCUT2D eigenvalue weighted by atomic mass is 32.1. The Labute approximate surface area is 156 Å². The SMILES string of the molecule is CC(NC(=S)Nc1ccc(CN2CCCCC2)cc1)c1ccccc1. The maximum absolute atomic E-state index is 5.45. The predicted octanol–water partition coefficient (Wildman–Crippen LogP) is 4.72. The van der Waals surface area contributed by atoms with Crippen LogP contribution >= 0.6 is 12.2 Å². The second-order valence-corrected chi connectivity index (χ2v) is 7.17. The van der Waals surface area contributed by atoms with Crippen LogP contribution in [0, 0.1) is 0 Å². The fraction of sp³-hybridized carbons (Fsp3) is 0.381. The lowest BCUT2D eigenvalue weighted by Gasteiger charge is -2.26. The Bertz CT molecular complexity index is 663. The minimum atomic E-state index is 0.180. The molecule has 1 unspecified atom stereocenters. The molecule has 0 aromatic heterocycles. The highest BCUT2D eigenvalue weighted by molar-refractivity contribution is 7.80. The summed E-state index contributed by atoms with van der Waals surface area (Å²) in [7, 11) is 0. The Balaban J connectivity index is 1.49. The van der Waals surface area contributed by atoms with Gasteiger partial charge >= 0.3 is 0 Å². The van der Waals surface area contributed by atoms with Crippen molar-refractivity contribution in [2.45, 2.75) is 38.8 Å². The predicted molar refractivity (Wildman–Crippen MR) is 110 cm³/mol. The molecule has 1 heterocycles. The van der Waals surface area contributed by atoms with Crippen molar-refractivity contribution < 1.29 is 0 Å². The van der Waals surface area contributed by atoms with E-state index in [1.807, 2.05) is 18.2 Å². The van der Waals surface area contributed by atoms with Crippen LogP contribution in [0.25, 0.3) is 0 Å². The largest absolute Gasteiger partial charge is 0.356 e. The van der Waals surface area contributed by atoms with Gasteiger partial charge in [0.15, 0.2) is 5.11 Å². The molecule has 2 N–H and O–H groups in total. The Morgan fingerprint density at radius 3 is 2.36 bits per heavy atom. The number of nitrogens with zero attached hydrogens (tertiary/aromatic N) is 1. The smallest absolute Gasteiger partial charge is 0.171 e. The molecule has 0 aliphatic carbocycles. The van der Waals surface area contributed by atoms with E-state index in [-0.39, 0.29) is 6.04 Å². The lowest BCUT2D eigenvalue weighted by atomic mass is 10.1. The molecular formula is C21H27N3S. The average Bonchev–Trinajstić information content (AvgIpc) is 2.65. The molecule has 0 radical (unpaired) electrons. The first-order valence-corrected chi connectivity index (χ1v) is 9.55. The molecule has 4 heteroatoms. The van der Waals surface area contributed by atoms with Crippen LogP contribution in [-0.2, 0) is 6.54 Å². The normalized spacial score (nSPS) is 16.2. The van der Waals surface area contributed by atoms with Crippen molar-refractivity contribution >= 4 is 23.0 Å². The summed E-state index contributed by atoms with van der Waals surface area (Å²) in [5, 5.41) is 7.27. The maximum Gasteiger partial charge on any atom is 0.171 e. The van der Waals surface area contributed by atoms with Gasteiger partial charge in [0.05, 0.1) is 6.04 Å². The molecule has 1 fully saturated rings. The molecule has 132 valence electrons. The first-order chi connectivity index (χ1) is 12.2. The topological polar surface area (TPSA) is 27.3 Å². The molecule has 1 saturated heterocycles. The minimum absolute atomic E-state index is 0.180. The third kappa shape index (κ3) is 5.55. The molecule has 1 aliphatic heterocycles. The van der Waals surface area contributed by atoms with E-state index in [0.717, 1.165) is 12.2 Å². The molecule has 1 aliphatic rings. The molecule has 3 nitrogen and oxygen atoms in total. The number of piperidine rings is 1. The van der Waals surface area contributed by atoms with Crippen molar-refractivity contribution in [3.8, 4) is 0 Å². The van der Waals surface area contributed by atoms with Crippen molar-refractivity contribution in [3.05, 3.63) is 65.7 Å². The summed E-state index contributed by atoms with van der Waals surface area (Å²) < 4.78 is 0. The van der Waals surface area contributed by atoms with Crippen LogP contribution in [0.5, 0.6) is 0 Å². The number of nitrogens with one attached hydrogen (secondary N) is 2. The molecule has 25 heavy (non-hydrogen) atoms. The van der Waals surface area contributed by atoms with Crippen LogP contribution in [0.2, 0.25) is 0 Å². The molecule has 0 spiro atoms. The van der Waals surface area contributed by atoms with Gasteiger partial charge in [-0.2, -0.15) is 0 Å². The van der Waals surface area contributed by atoms with Gasteiger partial charge in [-0.1, -0.05) is 48.9 Å². The van der Waals surface area contributed by atoms with Crippen LogP contribution in [0.15, 0.2) is 54.6 Å². The van der Waals surface area contributed by atoms with Gasteiger partial charge in [-0.15, -0.1) is 0 Å².